The van der Waals surface area contributed by atoms with E-state index in [9.17, 15) is 4.39 Å². The molecular formula is C10H8FNO. The Kier molecular flexibility index (Phi) is 3.04. The van der Waals surface area contributed by atoms with Crippen molar-refractivity contribution < 1.29 is 9.13 Å². The van der Waals surface area contributed by atoms with Gasteiger partial charge in [0.2, 0.25) is 0 Å². The maximum Gasteiger partial charge on any atom is 0.172 e. The van der Waals surface area contributed by atoms with E-state index in [1.807, 2.05) is 0 Å². The number of ether oxygens (including phenoxy) is 1. The summed E-state index contributed by atoms with van der Waals surface area (Å²) in [4.78, 5) is 0. The highest BCUT2D eigenvalue weighted by Crippen LogP contribution is 2.20. The van der Waals surface area contributed by atoms with Crippen LogP contribution in [0.1, 0.15) is 5.56 Å². The van der Waals surface area contributed by atoms with Crippen LogP contribution in [0.2, 0.25) is 0 Å². The predicted molar refractivity (Wildman–Crippen MR) is 47.6 cm³/mol. The summed E-state index contributed by atoms with van der Waals surface area (Å²) in [6.07, 6.45) is 2.62. The van der Waals surface area contributed by atoms with E-state index < -0.39 is 5.82 Å². The van der Waals surface area contributed by atoms with E-state index in [-0.39, 0.29) is 5.75 Å². The molecule has 1 aromatic rings. The van der Waals surface area contributed by atoms with Gasteiger partial charge in [0.15, 0.2) is 11.6 Å². The molecule has 0 N–H and O–H groups in total. The summed E-state index contributed by atoms with van der Waals surface area (Å²) >= 11 is 0. The van der Waals surface area contributed by atoms with Gasteiger partial charge >= 0.3 is 0 Å². The quantitative estimate of drug-likeness (QED) is 0.649. The van der Waals surface area contributed by atoms with E-state index in [0.29, 0.717) is 5.56 Å². The number of hydrogen-bond donors (Lipinski definition) is 0. The number of nitrogens with zero attached hydrogens (tertiary/aromatic N) is 1. The number of halogens is 1. The SMILES string of the molecule is COc1cccc(C=CC#N)c1F. The molecule has 0 aliphatic rings. The average Bonchev–Trinajstić information content (AvgIpc) is 2.16. The molecule has 0 radical (unpaired) electrons. The van der Waals surface area contributed by atoms with Crippen molar-refractivity contribution in [2.75, 3.05) is 7.11 Å². The van der Waals surface area contributed by atoms with Crippen molar-refractivity contribution in [3.05, 3.63) is 35.7 Å². The average molecular weight is 177 g/mol. The Morgan fingerprint density at radius 1 is 1.54 bits per heavy atom. The molecule has 13 heavy (non-hydrogen) atoms. The molecule has 0 saturated carbocycles. The minimum Gasteiger partial charge on any atom is -0.494 e. The Labute approximate surface area is 75.9 Å². The van der Waals surface area contributed by atoms with Gasteiger partial charge in [-0.3, -0.25) is 0 Å². The Morgan fingerprint density at radius 3 is 2.92 bits per heavy atom. The summed E-state index contributed by atoms with van der Waals surface area (Å²) in [6.45, 7) is 0. The third kappa shape index (κ3) is 2.06. The Hall–Kier alpha value is -1.82. The molecular weight excluding hydrogens is 169 g/mol. The van der Waals surface area contributed by atoms with Crippen LogP contribution in [0.15, 0.2) is 24.3 Å². The largest absolute Gasteiger partial charge is 0.494 e. The molecule has 66 valence electrons. The number of benzene rings is 1. The molecule has 0 amide bonds. The molecule has 0 bridgehead atoms. The zero-order valence-corrected chi connectivity index (χ0v) is 7.12. The predicted octanol–water partition coefficient (Wildman–Crippen LogP) is 2.37. The molecule has 0 fully saturated rings. The van der Waals surface area contributed by atoms with Crippen LogP contribution < -0.4 is 4.74 Å². The fourth-order valence-corrected chi connectivity index (χ4v) is 0.941. The Morgan fingerprint density at radius 2 is 2.31 bits per heavy atom. The zero-order valence-electron chi connectivity index (χ0n) is 7.12. The van der Waals surface area contributed by atoms with Gasteiger partial charge in [0.25, 0.3) is 0 Å². The number of rotatable bonds is 2. The van der Waals surface area contributed by atoms with E-state index in [0.717, 1.165) is 0 Å². The van der Waals surface area contributed by atoms with E-state index in [1.165, 1.54) is 25.3 Å². The first-order valence-electron chi connectivity index (χ1n) is 3.68. The van der Waals surface area contributed by atoms with Crippen molar-refractivity contribution in [1.29, 1.82) is 5.26 Å². The highest BCUT2D eigenvalue weighted by molar-refractivity contribution is 5.54. The summed E-state index contributed by atoms with van der Waals surface area (Å²) in [5, 5.41) is 8.25. The molecule has 1 rings (SSSR count). The van der Waals surface area contributed by atoms with Crippen LogP contribution in [0.25, 0.3) is 6.08 Å². The second kappa shape index (κ2) is 4.27. The van der Waals surface area contributed by atoms with E-state index in [4.69, 9.17) is 10.00 Å². The number of hydrogen-bond acceptors (Lipinski definition) is 2. The van der Waals surface area contributed by atoms with Gasteiger partial charge in [0, 0.05) is 11.6 Å². The second-order valence-corrected chi connectivity index (χ2v) is 2.33. The molecule has 3 heteroatoms. The standard InChI is InChI=1S/C10H8FNO/c1-13-9-6-2-4-8(10(9)11)5-3-7-12/h2-6H,1H3. The van der Waals surface area contributed by atoms with Gasteiger partial charge in [-0.25, -0.2) is 4.39 Å². The van der Waals surface area contributed by atoms with Crippen LogP contribution in [0.4, 0.5) is 4.39 Å². The van der Waals surface area contributed by atoms with Crippen LogP contribution in [0.3, 0.4) is 0 Å². The first-order chi connectivity index (χ1) is 6.29. The van der Waals surface area contributed by atoms with Crippen molar-refractivity contribution in [3.63, 3.8) is 0 Å². The van der Waals surface area contributed by atoms with Crippen molar-refractivity contribution in [2.45, 2.75) is 0 Å². The Balaban J connectivity index is 3.10. The molecule has 0 aliphatic heterocycles. The maximum atomic E-state index is 13.3. The lowest BCUT2D eigenvalue weighted by Crippen LogP contribution is -1.89. The van der Waals surface area contributed by atoms with Gasteiger partial charge in [0.05, 0.1) is 13.2 Å². The van der Waals surface area contributed by atoms with Crippen molar-refractivity contribution in [1.82, 2.24) is 0 Å². The number of nitriles is 1. The van der Waals surface area contributed by atoms with Crippen LogP contribution in [-0.4, -0.2) is 7.11 Å². The van der Waals surface area contributed by atoms with Crippen molar-refractivity contribution in [3.8, 4) is 11.8 Å². The summed E-state index contributed by atoms with van der Waals surface area (Å²) in [7, 11) is 1.40. The lowest BCUT2D eigenvalue weighted by molar-refractivity contribution is 0.386. The fraction of sp³-hybridized carbons (Fsp3) is 0.100. The summed E-state index contributed by atoms with van der Waals surface area (Å²) < 4.78 is 18.1. The first kappa shape index (κ1) is 9.27. The highest BCUT2D eigenvalue weighted by atomic mass is 19.1. The molecule has 1 aromatic carbocycles. The fourth-order valence-electron chi connectivity index (χ4n) is 0.941. The van der Waals surface area contributed by atoms with Crippen LogP contribution in [-0.2, 0) is 0 Å². The molecule has 0 aromatic heterocycles. The molecule has 0 spiro atoms. The van der Waals surface area contributed by atoms with Gasteiger partial charge in [0.1, 0.15) is 0 Å². The molecule has 0 saturated heterocycles. The highest BCUT2D eigenvalue weighted by Gasteiger charge is 2.04. The van der Waals surface area contributed by atoms with Gasteiger partial charge in [-0.15, -0.1) is 0 Å². The molecule has 0 aliphatic carbocycles. The van der Waals surface area contributed by atoms with Gasteiger partial charge in [-0.05, 0) is 12.1 Å². The Bertz CT molecular complexity index is 366. The van der Waals surface area contributed by atoms with E-state index in [1.54, 1.807) is 18.2 Å². The maximum absolute atomic E-state index is 13.3. The summed E-state index contributed by atoms with van der Waals surface area (Å²) in [5.74, 6) is -0.267. The molecule has 0 heterocycles. The van der Waals surface area contributed by atoms with Gasteiger partial charge in [-0.2, -0.15) is 5.26 Å². The second-order valence-electron chi connectivity index (χ2n) is 2.33. The smallest absolute Gasteiger partial charge is 0.172 e. The van der Waals surface area contributed by atoms with Crippen LogP contribution >= 0.6 is 0 Å². The third-order valence-electron chi connectivity index (χ3n) is 1.55. The van der Waals surface area contributed by atoms with Gasteiger partial charge in [-0.1, -0.05) is 12.1 Å². The van der Waals surface area contributed by atoms with E-state index >= 15 is 0 Å². The molecule has 2 nitrogen and oxygen atoms in total. The minimum absolute atomic E-state index is 0.181. The third-order valence-corrected chi connectivity index (χ3v) is 1.55. The first-order valence-corrected chi connectivity index (χ1v) is 3.68. The topological polar surface area (TPSA) is 33.0 Å². The lowest BCUT2D eigenvalue weighted by atomic mass is 10.2. The van der Waals surface area contributed by atoms with Crippen molar-refractivity contribution in [2.24, 2.45) is 0 Å². The van der Waals surface area contributed by atoms with Crippen LogP contribution in [0.5, 0.6) is 5.75 Å². The van der Waals surface area contributed by atoms with Crippen LogP contribution in [0, 0.1) is 17.1 Å². The zero-order chi connectivity index (χ0) is 9.68. The number of allylic oxidation sites excluding steroid dienone is 1. The summed E-state index contributed by atoms with van der Waals surface area (Å²) in [5.41, 5.74) is 0.348. The number of methoxy groups -OCH3 is 1. The van der Waals surface area contributed by atoms with Crippen molar-refractivity contribution >= 4 is 6.08 Å². The molecule has 0 unspecified atom stereocenters. The summed E-state index contributed by atoms with van der Waals surface area (Å²) in [6, 6.07) is 6.56. The lowest BCUT2D eigenvalue weighted by Gasteiger charge is -2.02. The van der Waals surface area contributed by atoms with Gasteiger partial charge < -0.3 is 4.74 Å². The minimum atomic E-state index is -0.448. The van der Waals surface area contributed by atoms with E-state index in [2.05, 4.69) is 0 Å². The normalized spacial score (nSPS) is 9.92. The molecule has 0 atom stereocenters. The monoisotopic (exact) mass is 177 g/mol.